The Kier molecular flexibility index (Phi) is 4.40. The summed E-state index contributed by atoms with van der Waals surface area (Å²) < 4.78 is 4.70. The van der Waals surface area contributed by atoms with Gasteiger partial charge in [-0.15, -0.1) is 0 Å². The second-order valence-corrected chi connectivity index (χ2v) is 2.64. The molecule has 0 fully saturated rings. The molecule has 0 spiro atoms. The minimum absolute atomic E-state index is 0.385. The third-order valence-electron chi connectivity index (χ3n) is 1.57. The van der Waals surface area contributed by atoms with Gasteiger partial charge in [0.2, 0.25) is 0 Å². The van der Waals surface area contributed by atoms with Gasteiger partial charge in [0.25, 0.3) is 0 Å². The van der Waals surface area contributed by atoms with E-state index >= 15 is 0 Å². The maximum atomic E-state index is 10.9. The van der Waals surface area contributed by atoms with Crippen LogP contribution >= 0.6 is 0 Å². The minimum Gasteiger partial charge on any atom is -0.450 e. The molecule has 0 bridgehead atoms. The van der Waals surface area contributed by atoms with Crippen molar-refractivity contribution in [2.24, 2.45) is 0 Å². The number of ether oxygens (including phenoxy) is 1. The highest BCUT2D eigenvalue weighted by Crippen LogP contribution is 1.92. The average Bonchev–Trinajstić information content (AvgIpc) is 2.20. The molecule has 5 heteroatoms. The molecule has 0 aliphatic heterocycles. The molecule has 1 aromatic rings. The number of nitrogens with zero attached hydrogens (tertiary/aromatic N) is 2. The van der Waals surface area contributed by atoms with Gasteiger partial charge in [-0.3, -0.25) is 0 Å². The number of nitrogens with one attached hydrogen (secondary N) is 1. The lowest BCUT2D eigenvalue weighted by atomic mass is 10.2. The van der Waals surface area contributed by atoms with E-state index in [1.807, 2.05) is 0 Å². The molecule has 5 nitrogen and oxygen atoms in total. The van der Waals surface area contributed by atoms with Crippen LogP contribution in [0.25, 0.3) is 0 Å². The Bertz CT molecular complexity index is 277. The molecular weight excluding hydrogens is 182 g/mol. The van der Waals surface area contributed by atoms with Crippen molar-refractivity contribution in [3.63, 3.8) is 0 Å². The highest BCUT2D eigenvalue weighted by molar-refractivity contribution is 5.66. The van der Waals surface area contributed by atoms with Crippen molar-refractivity contribution in [3.05, 3.63) is 24.3 Å². The second-order valence-electron chi connectivity index (χ2n) is 2.64. The standard InChI is InChI=1S/C9H13N3O2/c1-2-14-9(13)12-4-3-8-5-10-7-11-6-8/h5-7H,2-4H2,1H3,(H,12,13). The Labute approximate surface area is 82.5 Å². The van der Waals surface area contributed by atoms with Crippen LogP contribution in [0.2, 0.25) is 0 Å². The van der Waals surface area contributed by atoms with Crippen LogP contribution in [0.4, 0.5) is 4.79 Å². The fourth-order valence-electron chi connectivity index (χ4n) is 0.950. The van der Waals surface area contributed by atoms with Crippen LogP contribution in [-0.2, 0) is 11.2 Å². The van der Waals surface area contributed by atoms with E-state index in [2.05, 4.69) is 15.3 Å². The van der Waals surface area contributed by atoms with E-state index < -0.39 is 0 Å². The summed E-state index contributed by atoms with van der Waals surface area (Å²) in [6.45, 7) is 2.69. The molecule has 1 N–H and O–H groups in total. The molecule has 76 valence electrons. The smallest absolute Gasteiger partial charge is 0.407 e. The van der Waals surface area contributed by atoms with Crippen LogP contribution in [0.1, 0.15) is 12.5 Å². The number of carbonyl (C=O) groups is 1. The quantitative estimate of drug-likeness (QED) is 0.770. The fraction of sp³-hybridized carbons (Fsp3) is 0.444. The SMILES string of the molecule is CCOC(=O)NCCc1cncnc1. The highest BCUT2D eigenvalue weighted by Gasteiger charge is 1.99. The van der Waals surface area contributed by atoms with Crippen LogP contribution in [0.15, 0.2) is 18.7 Å². The Morgan fingerprint density at radius 3 is 2.86 bits per heavy atom. The molecule has 0 unspecified atom stereocenters. The normalized spacial score (nSPS) is 9.50. The van der Waals surface area contributed by atoms with E-state index in [9.17, 15) is 4.79 Å². The molecule has 0 aliphatic carbocycles. The Morgan fingerprint density at radius 2 is 2.21 bits per heavy atom. The summed E-state index contributed by atoms with van der Waals surface area (Å²) in [7, 11) is 0. The van der Waals surface area contributed by atoms with Crippen molar-refractivity contribution in [2.45, 2.75) is 13.3 Å². The van der Waals surface area contributed by atoms with Gasteiger partial charge in [0.1, 0.15) is 6.33 Å². The van der Waals surface area contributed by atoms with Crippen LogP contribution in [-0.4, -0.2) is 29.2 Å². The van der Waals surface area contributed by atoms with Gasteiger partial charge in [-0.25, -0.2) is 14.8 Å². The zero-order valence-electron chi connectivity index (χ0n) is 8.06. The number of amides is 1. The molecule has 0 saturated carbocycles. The molecule has 1 amide bonds. The van der Waals surface area contributed by atoms with E-state index in [4.69, 9.17) is 4.74 Å². The molecule has 0 atom stereocenters. The van der Waals surface area contributed by atoms with Crippen LogP contribution < -0.4 is 5.32 Å². The van der Waals surface area contributed by atoms with Crippen molar-refractivity contribution < 1.29 is 9.53 Å². The maximum Gasteiger partial charge on any atom is 0.407 e. The van der Waals surface area contributed by atoms with Crippen molar-refractivity contribution in [1.29, 1.82) is 0 Å². The number of hydrogen-bond donors (Lipinski definition) is 1. The molecule has 1 heterocycles. The van der Waals surface area contributed by atoms with Crippen molar-refractivity contribution >= 4 is 6.09 Å². The van der Waals surface area contributed by atoms with Gasteiger partial charge in [0.05, 0.1) is 6.61 Å². The molecule has 1 rings (SSSR count). The second kappa shape index (κ2) is 5.90. The zero-order valence-corrected chi connectivity index (χ0v) is 8.06. The predicted molar refractivity (Wildman–Crippen MR) is 50.8 cm³/mol. The van der Waals surface area contributed by atoms with Gasteiger partial charge >= 0.3 is 6.09 Å². The third kappa shape index (κ3) is 3.84. The molecule has 1 aromatic heterocycles. The summed E-state index contributed by atoms with van der Waals surface area (Å²) >= 11 is 0. The minimum atomic E-state index is -0.385. The van der Waals surface area contributed by atoms with E-state index in [0.717, 1.165) is 5.56 Å². The summed E-state index contributed by atoms with van der Waals surface area (Å²) in [5.74, 6) is 0. The van der Waals surface area contributed by atoms with Crippen LogP contribution in [0.3, 0.4) is 0 Å². The molecule has 0 aliphatic rings. The van der Waals surface area contributed by atoms with Gasteiger partial charge in [-0.2, -0.15) is 0 Å². The van der Waals surface area contributed by atoms with Crippen molar-refractivity contribution in [3.8, 4) is 0 Å². The maximum absolute atomic E-state index is 10.9. The number of alkyl carbamates (subject to hydrolysis) is 1. The van der Waals surface area contributed by atoms with E-state index in [0.29, 0.717) is 19.6 Å². The average molecular weight is 195 g/mol. The first-order chi connectivity index (χ1) is 6.83. The van der Waals surface area contributed by atoms with Gasteiger partial charge in [-0.05, 0) is 18.9 Å². The van der Waals surface area contributed by atoms with E-state index in [1.54, 1.807) is 19.3 Å². The molecule has 0 radical (unpaired) electrons. The monoisotopic (exact) mass is 195 g/mol. The Hall–Kier alpha value is -1.65. The summed E-state index contributed by atoms with van der Waals surface area (Å²) in [4.78, 5) is 18.6. The van der Waals surface area contributed by atoms with Crippen molar-refractivity contribution in [2.75, 3.05) is 13.2 Å². The Morgan fingerprint density at radius 1 is 1.50 bits per heavy atom. The third-order valence-corrected chi connectivity index (χ3v) is 1.57. The van der Waals surface area contributed by atoms with Gasteiger partial charge in [-0.1, -0.05) is 0 Å². The zero-order chi connectivity index (χ0) is 10.2. The van der Waals surface area contributed by atoms with Crippen LogP contribution in [0.5, 0.6) is 0 Å². The number of rotatable bonds is 4. The topological polar surface area (TPSA) is 64.1 Å². The van der Waals surface area contributed by atoms with Gasteiger partial charge in [0.15, 0.2) is 0 Å². The number of aromatic nitrogens is 2. The van der Waals surface area contributed by atoms with Gasteiger partial charge in [0, 0.05) is 18.9 Å². The lowest BCUT2D eigenvalue weighted by Crippen LogP contribution is -2.26. The predicted octanol–water partition coefficient (Wildman–Crippen LogP) is 0.765. The largest absolute Gasteiger partial charge is 0.450 e. The lowest BCUT2D eigenvalue weighted by molar-refractivity contribution is 0.152. The number of hydrogen-bond acceptors (Lipinski definition) is 4. The summed E-state index contributed by atoms with van der Waals surface area (Å²) in [5, 5.41) is 2.62. The Balaban J connectivity index is 2.19. The molecule has 0 aromatic carbocycles. The summed E-state index contributed by atoms with van der Waals surface area (Å²) in [5.41, 5.74) is 0.990. The lowest BCUT2D eigenvalue weighted by Gasteiger charge is -2.04. The van der Waals surface area contributed by atoms with E-state index in [1.165, 1.54) is 6.33 Å². The van der Waals surface area contributed by atoms with Crippen molar-refractivity contribution in [1.82, 2.24) is 15.3 Å². The van der Waals surface area contributed by atoms with Crippen LogP contribution in [0, 0.1) is 0 Å². The highest BCUT2D eigenvalue weighted by atomic mass is 16.5. The first-order valence-corrected chi connectivity index (χ1v) is 4.47. The molecular formula is C9H13N3O2. The number of carbonyl (C=O) groups excluding carboxylic acids is 1. The summed E-state index contributed by atoms with van der Waals surface area (Å²) in [6.07, 6.45) is 5.24. The first-order valence-electron chi connectivity index (χ1n) is 4.47. The van der Waals surface area contributed by atoms with E-state index in [-0.39, 0.29) is 6.09 Å². The molecule has 0 saturated heterocycles. The van der Waals surface area contributed by atoms with Gasteiger partial charge < -0.3 is 10.1 Å². The first kappa shape index (κ1) is 10.4. The fourth-order valence-corrected chi connectivity index (χ4v) is 0.950. The molecule has 14 heavy (non-hydrogen) atoms. The summed E-state index contributed by atoms with van der Waals surface area (Å²) in [6, 6.07) is 0.